The molecule has 1 unspecified atom stereocenters. The van der Waals surface area contributed by atoms with Gasteiger partial charge in [0.05, 0.1) is 11.4 Å². The van der Waals surface area contributed by atoms with Crippen LogP contribution in [0.3, 0.4) is 0 Å². The van der Waals surface area contributed by atoms with Crippen molar-refractivity contribution in [3.05, 3.63) is 54.1 Å². The van der Waals surface area contributed by atoms with Crippen molar-refractivity contribution in [1.82, 2.24) is 15.0 Å². The Morgan fingerprint density at radius 3 is 2.73 bits per heavy atom. The Kier molecular flexibility index (Phi) is 5.43. The summed E-state index contributed by atoms with van der Waals surface area (Å²) in [6.45, 7) is 2.05. The van der Waals surface area contributed by atoms with Crippen LogP contribution in [0.2, 0.25) is 0 Å². The van der Waals surface area contributed by atoms with Gasteiger partial charge in [-0.25, -0.2) is 9.97 Å². The third-order valence-electron chi connectivity index (χ3n) is 4.43. The van der Waals surface area contributed by atoms with E-state index >= 15 is 0 Å². The fraction of sp³-hybridized carbons (Fsp3) is 0.278. The van der Waals surface area contributed by atoms with Crippen LogP contribution in [0.15, 0.2) is 42.9 Å². The first-order chi connectivity index (χ1) is 12.5. The molecule has 0 aliphatic rings. The molecule has 136 valence electrons. The number of rotatable bonds is 7. The van der Waals surface area contributed by atoms with Crippen molar-refractivity contribution in [1.29, 1.82) is 5.41 Å². The zero-order chi connectivity index (χ0) is 18.7. The Balaban J connectivity index is 1.70. The summed E-state index contributed by atoms with van der Waals surface area (Å²) in [5.41, 5.74) is 3.55. The van der Waals surface area contributed by atoms with Gasteiger partial charge in [0.15, 0.2) is 0 Å². The number of anilines is 1. The first kappa shape index (κ1) is 18.2. The molecule has 0 spiro atoms. The van der Waals surface area contributed by atoms with Gasteiger partial charge in [-0.05, 0) is 30.7 Å². The second kappa shape index (κ2) is 7.76. The second-order valence-corrected chi connectivity index (χ2v) is 7.12. The van der Waals surface area contributed by atoms with E-state index in [-0.39, 0.29) is 11.8 Å². The van der Waals surface area contributed by atoms with Crippen molar-refractivity contribution >= 4 is 33.5 Å². The summed E-state index contributed by atoms with van der Waals surface area (Å²) >= 11 is -2.09. The second-order valence-electron chi connectivity index (χ2n) is 6.22. The Bertz CT molecular complexity index is 938. The summed E-state index contributed by atoms with van der Waals surface area (Å²) in [6, 6.07) is 9.38. The standard InChI is InChI=1S/C18H21N5O2S/c1-12(23(2)14-5-3-13(4-6-14)10-26(24)25)9-16(19)17-15-7-8-20-18(15)22-11-21-17/h3-8,11-12,19H,9-10H2,1-2H3,(H,24,25)(H,20,21,22)/p-1/t12-/m1/s1. The summed E-state index contributed by atoms with van der Waals surface area (Å²) in [7, 11) is 1.96. The zero-order valence-corrected chi connectivity index (χ0v) is 15.4. The molecule has 8 heteroatoms. The van der Waals surface area contributed by atoms with Crippen molar-refractivity contribution in [2.75, 3.05) is 11.9 Å². The lowest BCUT2D eigenvalue weighted by Gasteiger charge is -2.27. The van der Waals surface area contributed by atoms with Crippen LogP contribution < -0.4 is 4.90 Å². The van der Waals surface area contributed by atoms with Crippen molar-refractivity contribution in [3.63, 3.8) is 0 Å². The average molecular weight is 370 g/mol. The Hall–Kier alpha value is -2.58. The van der Waals surface area contributed by atoms with E-state index < -0.39 is 11.1 Å². The number of nitrogens with zero attached hydrogens (tertiary/aromatic N) is 3. The highest BCUT2D eigenvalue weighted by Gasteiger charge is 2.16. The number of aromatic nitrogens is 3. The molecule has 0 bridgehead atoms. The summed E-state index contributed by atoms with van der Waals surface area (Å²) in [6.07, 6.45) is 3.79. The number of H-pyrrole nitrogens is 1. The monoisotopic (exact) mass is 370 g/mol. The molecule has 0 saturated carbocycles. The number of benzene rings is 1. The van der Waals surface area contributed by atoms with Gasteiger partial charge in [0, 0.05) is 42.5 Å². The number of nitrogens with one attached hydrogen (secondary N) is 2. The predicted molar refractivity (Wildman–Crippen MR) is 102 cm³/mol. The molecular formula is C18H20N5O2S-. The van der Waals surface area contributed by atoms with Gasteiger partial charge in [-0.15, -0.1) is 0 Å². The lowest BCUT2D eigenvalue weighted by atomic mass is 10.0. The highest BCUT2D eigenvalue weighted by atomic mass is 32.2. The highest BCUT2D eigenvalue weighted by Crippen LogP contribution is 2.21. The van der Waals surface area contributed by atoms with Crippen LogP contribution >= 0.6 is 0 Å². The molecule has 0 aliphatic heterocycles. The van der Waals surface area contributed by atoms with E-state index in [0.717, 1.165) is 22.3 Å². The molecule has 0 aliphatic carbocycles. The van der Waals surface area contributed by atoms with E-state index in [0.29, 0.717) is 17.8 Å². The van der Waals surface area contributed by atoms with Crippen molar-refractivity contribution in [2.24, 2.45) is 0 Å². The van der Waals surface area contributed by atoms with E-state index in [9.17, 15) is 8.76 Å². The van der Waals surface area contributed by atoms with E-state index in [4.69, 9.17) is 5.41 Å². The SMILES string of the molecule is C[C@H](CC(=N)c1ncnc2[nH]ccc12)N(C)c1ccc(CS(=O)[O-])cc1. The predicted octanol–water partition coefficient (Wildman–Crippen LogP) is 2.62. The summed E-state index contributed by atoms with van der Waals surface area (Å²) in [5.74, 6) is 0.0184. The van der Waals surface area contributed by atoms with Crippen LogP contribution in [0.5, 0.6) is 0 Å². The van der Waals surface area contributed by atoms with Gasteiger partial charge in [0.1, 0.15) is 12.0 Å². The van der Waals surface area contributed by atoms with Gasteiger partial charge in [-0.1, -0.05) is 23.2 Å². The highest BCUT2D eigenvalue weighted by molar-refractivity contribution is 7.78. The maximum Gasteiger partial charge on any atom is 0.141 e. The largest absolute Gasteiger partial charge is 0.772 e. The summed E-state index contributed by atoms with van der Waals surface area (Å²) < 4.78 is 21.6. The minimum Gasteiger partial charge on any atom is -0.772 e. The van der Waals surface area contributed by atoms with E-state index in [2.05, 4.69) is 19.9 Å². The molecule has 0 amide bonds. The Morgan fingerprint density at radius 2 is 2.04 bits per heavy atom. The lowest BCUT2D eigenvalue weighted by molar-refractivity contribution is 0.536. The van der Waals surface area contributed by atoms with Crippen molar-refractivity contribution < 1.29 is 8.76 Å². The molecule has 2 aromatic heterocycles. The van der Waals surface area contributed by atoms with Crippen LogP contribution in [0.25, 0.3) is 11.0 Å². The van der Waals surface area contributed by atoms with Gasteiger partial charge >= 0.3 is 0 Å². The fourth-order valence-corrected chi connectivity index (χ4v) is 3.32. The van der Waals surface area contributed by atoms with Gasteiger partial charge < -0.3 is 19.8 Å². The minimum atomic E-state index is -2.09. The quantitative estimate of drug-likeness (QED) is 0.491. The molecule has 0 saturated heterocycles. The third kappa shape index (κ3) is 3.97. The smallest absolute Gasteiger partial charge is 0.141 e. The lowest BCUT2D eigenvalue weighted by Crippen LogP contribution is -2.31. The maximum atomic E-state index is 10.8. The summed E-state index contributed by atoms with van der Waals surface area (Å²) in [5, 5.41) is 9.30. The molecule has 7 nitrogen and oxygen atoms in total. The molecule has 3 rings (SSSR count). The summed E-state index contributed by atoms with van der Waals surface area (Å²) in [4.78, 5) is 13.5. The zero-order valence-electron chi connectivity index (χ0n) is 14.6. The number of hydrogen-bond acceptors (Lipinski definition) is 6. The van der Waals surface area contributed by atoms with Crippen LogP contribution in [-0.2, 0) is 16.8 Å². The average Bonchev–Trinajstić information content (AvgIpc) is 3.09. The normalized spacial score (nSPS) is 13.5. The Labute approximate surface area is 154 Å². The first-order valence-corrected chi connectivity index (χ1v) is 9.43. The molecular weight excluding hydrogens is 350 g/mol. The maximum absolute atomic E-state index is 10.8. The van der Waals surface area contributed by atoms with Gasteiger partial charge in [-0.3, -0.25) is 4.21 Å². The number of hydrogen-bond donors (Lipinski definition) is 2. The van der Waals surface area contributed by atoms with Crippen molar-refractivity contribution in [3.8, 4) is 0 Å². The first-order valence-electron chi connectivity index (χ1n) is 8.19. The van der Waals surface area contributed by atoms with Crippen LogP contribution in [-0.4, -0.2) is 42.5 Å². The van der Waals surface area contributed by atoms with E-state index in [1.165, 1.54) is 6.33 Å². The van der Waals surface area contributed by atoms with Crippen molar-refractivity contribution in [2.45, 2.75) is 25.1 Å². The van der Waals surface area contributed by atoms with Gasteiger partial charge in [0.2, 0.25) is 0 Å². The molecule has 0 fully saturated rings. The Morgan fingerprint density at radius 1 is 1.31 bits per heavy atom. The topological polar surface area (TPSA) is 109 Å². The molecule has 2 heterocycles. The third-order valence-corrected chi connectivity index (χ3v) is 5.00. The molecule has 1 aromatic carbocycles. The van der Waals surface area contributed by atoms with Gasteiger partial charge in [0.25, 0.3) is 0 Å². The number of aromatic amines is 1. The molecule has 2 atom stereocenters. The van der Waals surface area contributed by atoms with Crippen LogP contribution in [0.1, 0.15) is 24.6 Å². The fourth-order valence-electron chi connectivity index (χ4n) is 2.86. The number of fused-ring (bicyclic) bond motifs is 1. The molecule has 0 radical (unpaired) electrons. The van der Waals surface area contributed by atoms with Crippen LogP contribution in [0.4, 0.5) is 5.69 Å². The molecule has 26 heavy (non-hydrogen) atoms. The van der Waals surface area contributed by atoms with E-state index in [1.807, 2.05) is 44.3 Å². The van der Waals surface area contributed by atoms with E-state index in [1.54, 1.807) is 6.20 Å². The minimum absolute atomic E-state index is 0.0184. The van der Waals surface area contributed by atoms with Crippen LogP contribution in [0, 0.1) is 5.41 Å². The molecule has 2 N–H and O–H groups in total. The van der Waals surface area contributed by atoms with Gasteiger partial charge in [-0.2, -0.15) is 0 Å². The molecule has 3 aromatic rings.